The summed E-state index contributed by atoms with van der Waals surface area (Å²) in [5.74, 6) is 0.276. The highest BCUT2D eigenvalue weighted by Gasteiger charge is 2.08. The van der Waals surface area contributed by atoms with Crippen LogP contribution in [0.3, 0.4) is 0 Å². The van der Waals surface area contributed by atoms with E-state index in [0.29, 0.717) is 11.3 Å². The fourth-order valence-corrected chi connectivity index (χ4v) is 1.34. The molecule has 0 aliphatic rings. The minimum Gasteiger partial charge on any atom is -0.484 e. The fourth-order valence-electron chi connectivity index (χ4n) is 1.34. The molecule has 0 aliphatic carbocycles. The minimum atomic E-state index is -0.395. The Morgan fingerprint density at radius 1 is 1.45 bits per heavy atom. The average molecular weight is 273 g/mol. The molecule has 0 saturated carbocycles. The van der Waals surface area contributed by atoms with Crippen LogP contribution in [0.25, 0.3) is 0 Å². The van der Waals surface area contributed by atoms with Crippen LogP contribution in [0.4, 0.5) is 5.95 Å². The van der Waals surface area contributed by atoms with E-state index in [2.05, 4.69) is 20.5 Å². The van der Waals surface area contributed by atoms with Crippen LogP contribution >= 0.6 is 0 Å². The third kappa shape index (κ3) is 3.46. The number of aromatic amines is 1. The van der Waals surface area contributed by atoms with E-state index in [9.17, 15) is 4.79 Å². The van der Waals surface area contributed by atoms with E-state index in [4.69, 9.17) is 14.7 Å². The first-order valence-corrected chi connectivity index (χ1v) is 5.60. The molecule has 0 radical (unpaired) electrons. The molecule has 2 rings (SSSR count). The maximum absolute atomic E-state index is 11.6. The number of carbonyl (C=O) groups excluding carboxylic acids is 1. The SMILES string of the molecule is COc1n[nH]c(NC(=O)COc2ccc(C#N)cc2)n1. The largest absolute Gasteiger partial charge is 0.484 e. The predicted molar refractivity (Wildman–Crippen MR) is 68.2 cm³/mol. The van der Waals surface area contributed by atoms with Crippen LogP contribution in [0.15, 0.2) is 24.3 Å². The first-order valence-electron chi connectivity index (χ1n) is 5.60. The van der Waals surface area contributed by atoms with E-state index < -0.39 is 5.91 Å². The van der Waals surface area contributed by atoms with Crippen molar-refractivity contribution in [3.05, 3.63) is 29.8 Å². The second-order valence-electron chi connectivity index (χ2n) is 3.64. The van der Waals surface area contributed by atoms with Gasteiger partial charge in [-0.1, -0.05) is 0 Å². The molecule has 1 aromatic heterocycles. The van der Waals surface area contributed by atoms with E-state index in [-0.39, 0.29) is 18.6 Å². The Morgan fingerprint density at radius 2 is 2.20 bits per heavy atom. The van der Waals surface area contributed by atoms with Crippen molar-refractivity contribution in [1.82, 2.24) is 15.2 Å². The first-order chi connectivity index (χ1) is 9.71. The summed E-state index contributed by atoms with van der Waals surface area (Å²) in [5.41, 5.74) is 0.524. The number of amides is 1. The standard InChI is InChI=1S/C12H11N5O3/c1-19-12-15-11(16-17-12)14-10(18)7-20-9-4-2-8(6-13)3-5-9/h2-5H,7H2,1H3,(H2,14,15,16,17,18). The molecule has 0 unspecified atom stereocenters. The smallest absolute Gasteiger partial charge is 0.336 e. The molecule has 0 atom stereocenters. The normalized spacial score (nSPS) is 9.60. The van der Waals surface area contributed by atoms with Gasteiger partial charge in [-0.3, -0.25) is 10.1 Å². The van der Waals surface area contributed by atoms with Crippen LogP contribution < -0.4 is 14.8 Å². The van der Waals surface area contributed by atoms with Crippen molar-refractivity contribution in [2.45, 2.75) is 0 Å². The molecule has 2 N–H and O–H groups in total. The van der Waals surface area contributed by atoms with Gasteiger partial charge in [-0.25, -0.2) is 5.10 Å². The Morgan fingerprint density at radius 3 is 2.80 bits per heavy atom. The summed E-state index contributed by atoms with van der Waals surface area (Å²) < 4.78 is 10.0. The summed E-state index contributed by atoms with van der Waals surface area (Å²) in [5, 5.41) is 17.3. The predicted octanol–water partition coefficient (Wildman–Crippen LogP) is 0.702. The number of nitrogens with zero attached hydrogens (tertiary/aromatic N) is 3. The van der Waals surface area contributed by atoms with Crippen molar-refractivity contribution in [3.8, 4) is 17.8 Å². The molecular formula is C12H11N5O3. The van der Waals surface area contributed by atoms with Gasteiger partial charge in [0.25, 0.3) is 5.91 Å². The van der Waals surface area contributed by atoms with Crippen LogP contribution in [-0.4, -0.2) is 34.8 Å². The number of H-pyrrole nitrogens is 1. The number of anilines is 1. The van der Waals surface area contributed by atoms with Gasteiger partial charge in [0.2, 0.25) is 5.95 Å². The van der Waals surface area contributed by atoms with Crippen molar-refractivity contribution < 1.29 is 14.3 Å². The Hall–Kier alpha value is -3.08. The third-order valence-electron chi connectivity index (χ3n) is 2.26. The summed E-state index contributed by atoms with van der Waals surface area (Å²) >= 11 is 0. The van der Waals surface area contributed by atoms with Crippen molar-refractivity contribution >= 4 is 11.9 Å². The summed E-state index contributed by atoms with van der Waals surface area (Å²) in [6.45, 7) is -0.186. The van der Waals surface area contributed by atoms with Gasteiger partial charge in [-0.15, -0.1) is 5.10 Å². The number of hydrogen-bond donors (Lipinski definition) is 2. The average Bonchev–Trinajstić information content (AvgIpc) is 2.93. The van der Waals surface area contributed by atoms with Gasteiger partial charge in [0.1, 0.15) is 5.75 Å². The number of carbonyl (C=O) groups is 1. The van der Waals surface area contributed by atoms with E-state index in [1.54, 1.807) is 24.3 Å². The van der Waals surface area contributed by atoms with Gasteiger partial charge in [0, 0.05) is 0 Å². The number of benzene rings is 1. The number of nitrogens with one attached hydrogen (secondary N) is 2. The summed E-state index contributed by atoms with van der Waals surface area (Å²) in [6.07, 6.45) is 0. The molecule has 2 aromatic rings. The van der Waals surface area contributed by atoms with Crippen LogP contribution in [0.1, 0.15) is 5.56 Å². The Labute approximate surface area is 114 Å². The van der Waals surface area contributed by atoms with E-state index in [1.165, 1.54) is 7.11 Å². The maximum Gasteiger partial charge on any atom is 0.336 e. The lowest BCUT2D eigenvalue weighted by Crippen LogP contribution is -2.20. The monoisotopic (exact) mass is 273 g/mol. The molecule has 20 heavy (non-hydrogen) atoms. The molecule has 8 nitrogen and oxygen atoms in total. The topological polar surface area (TPSA) is 113 Å². The number of methoxy groups -OCH3 is 1. The lowest BCUT2D eigenvalue weighted by atomic mass is 10.2. The Kier molecular flexibility index (Phi) is 4.14. The van der Waals surface area contributed by atoms with Crippen molar-refractivity contribution in [1.29, 1.82) is 5.26 Å². The van der Waals surface area contributed by atoms with Gasteiger partial charge in [-0.05, 0) is 24.3 Å². The highest BCUT2D eigenvalue weighted by molar-refractivity contribution is 5.90. The lowest BCUT2D eigenvalue weighted by Gasteiger charge is -2.05. The highest BCUT2D eigenvalue weighted by Crippen LogP contribution is 2.11. The molecular weight excluding hydrogens is 262 g/mol. The van der Waals surface area contributed by atoms with E-state index in [0.717, 1.165) is 0 Å². The lowest BCUT2D eigenvalue weighted by molar-refractivity contribution is -0.118. The number of rotatable bonds is 5. The number of ether oxygens (including phenoxy) is 2. The van der Waals surface area contributed by atoms with Gasteiger partial charge < -0.3 is 9.47 Å². The molecule has 0 bridgehead atoms. The van der Waals surface area contributed by atoms with Crippen molar-refractivity contribution in [2.75, 3.05) is 19.0 Å². The molecule has 0 saturated heterocycles. The molecule has 1 aromatic carbocycles. The number of aromatic nitrogens is 3. The molecule has 0 fully saturated rings. The van der Waals surface area contributed by atoms with Crippen LogP contribution in [0.2, 0.25) is 0 Å². The van der Waals surface area contributed by atoms with Crippen LogP contribution in [-0.2, 0) is 4.79 Å². The molecule has 102 valence electrons. The molecule has 0 spiro atoms. The zero-order valence-corrected chi connectivity index (χ0v) is 10.6. The van der Waals surface area contributed by atoms with Gasteiger partial charge in [0.15, 0.2) is 6.61 Å². The van der Waals surface area contributed by atoms with Gasteiger partial charge >= 0.3 is 6.01 Å². The second kappa shape index (κ2) is 6.19. The minimum absolute atomic E-state index is 0.133. The molecule has 1 amide bonds. The van der Waals surface area contributed by atoms with Crippen molar-refractivity contribution in [3.63, 3.8) is 0 Å². The first kappa shape index (κ1) is 13.4. The second-order valence-corrected chi connectivity index (χ2v) is 3.64. The van der Waals surface area contributed by atoms with E-state index >= 15 is 0 Å². The Balaban J connectivity index is 1.84. The van der Waals surface area contributed by atoms with Crippen LogP contribution in [0, 0.1) is 11.3 Å². The zero-order chi connectivity index (χ0) is 14.4. The summed E-state index contributed by atoms with van der Waals surface area (Å²) in [7, 11) is 1.42. The molecule has 8 heteroatoms. The van der Waals surface area contributed by atoms with Crippen LogP contribution in [0.5, 0.6) is 11.8 Å². The zero-order valence-electron chi connectivity index (χ0n) is 10.6. The number of hydrogen-bond acceptors (Lipinski definition) is 6. The van der Waals surface area contributed by atoms with Gasteiger partial charge in [-0.2, -0.15) is 10.2 Å². The Bertz CT molecular complexity index is 629. The highest BCUT2D eigenvalue weighted by atomic mass is 16.5. The number of nitriles is 1. The maximum atomic E-state index is 11.6. The van der Waals surface area contributed by atoms with Crippen molar-refractivity contribution in [2.24, 2.45) is 0 Å². The summed E-state index contributed by atoms with van der Waals surface area (Å²) in [4.78, 5) is 15.4. The molecule has 1 heterocycles. The van der Waals surface area contributed by atoms with E-state index in [1.807, 2.05) is 6.07 Å². The van der Waals surface area contributed by atoms with Gasteiger partial charge in [0.05, 0.1) is 18.7 Å². The summed E-state index contributed by atoms with van der Waals surface area (Å²) in [6, 6.07) is 8.57. The molecule has 0 aliphatic heterocycles. The third-order valence-corrected chi connectivity index (χ3v) is 2.26. The quantitative estimate of drug-likeness (QED) is 0.829. The fraction of sp³-hybridized carbons (Fsp3) is 0.167.